The van der Waals surface area contributed by atoms with Gasteiger partial charge in [-0.2, -0.15) is 9.97 Å². The van der Waals surface area contributed by atoms with Crippen molar-refractivity contribution in [3.63, 3.8) is 0 Å². The summed E-state index contributed by atoms with van der Waals surface area (Å²) in [5.41, 5.74) is 1.61. The van der Waals surface area contributed by atoms with E-state index in [2.05, 4.69) is 71.5 Å². The summed E-state index contributed by atoms with van der Waals surface area (Å²) in [5.74, 6) is -1.32. The van der Waals surface area contributed by atoms with Crippen molar-refractivity contribution < 1.29 is 184 Å². The number of nitrogens with zero attached hydrogens (tertiary/aromatic N) is 8. The van der Waals surface area contributed by atoms with E-state index >= 15 is 0 Å². The second kappa shape index (κ2) is 55.2. The Bertz CT molecular complexity index is 2080. The van der Waals surface area contributed by atoms with Gasteiger partial charge in [0.25, 0.3) is 6.47 Å². The molecule has 0 aromatic carbocycles. The van der Waals surface area contributed by atoms with E-state index in [1.807, 2.05) is 6.92 Å². The first kappa shape index (κ1) is 83.1. The molecule has 0 saturated heterocycles. The summed E-state index contributed by atoms with van der Waals surface area (Å²) in [6.45, 7) is 10.8. The predicted octanol–water partition coefficient (Wildman–Crippen LogP) is 2.70. The van der Waals surface area contributed by atoms with E-state index < -0.39 is 25.2 Å². The number of carboxylic acids is 1. The Hall–Kier alpha value is 0.300. The van der Waals surface area contributed by atoms with Crippen LogP contribution in [0.4, 0.5) is 4.39 Å². The zero-order valence-electron chi connectivity index (χ0n) is 46.4. The van der Waals surface area contributed by atoms with Crippen LogP contribution in [0.25, 0.3) is 22.3 Å². The third-order valence-electron chi connectivity index (χ3n) is 10.3. The molecule has 19 nitrogen and oxygen atoms in total. The fourth-order valence-electron chi connectivity index (χ4n) is 6.85. The van der Waals surface area contributed by atoms with Gasteiger partial charge in [0.15, 0.2) is 21.6 Å². The first-order valence-corrected chi connectivity index (χ1v) is 26.0. The van der Waals surface area contributed by atoms with Crippen LogP contribution in [0.15, 0.2) is 12.7 Å². The number of rotatable bonds is 29. The van der Waals surface area contributed by atoms with Crippen LogP contribution in [-0.4, -0.2) is 105 Å². The Morgan fingerprint density at radius 1 is 0.689 bits per heavy atom. The van der Waals surface area contributed by atoms with Gasteiger partial charge in [-0.25, -0.2) is 29.5 Å². The smallest absolute Gasteiger partial charge is 1.00 e. The van der Waals surface area contributed by atoms with Crippen molar-refractivity contribution in [2.24, 2.45) is 0 Å². The number of aromatic nitrogens is 8. The molecule has 0 amide bonds. The topological polar surface area (TPSA) is 288 Å². The van der Waals surface area contributed by atoms with Gasteiger partial charge in [0.2, 0.25) is 10.6 Å². The number of carbonyl (C=O) groups excluding carboxylic acids is 3. The van der Waals surface area contributed by atoms with E-state index in [-0.39, 0.29) is 178 Å². The molecule has 0 radical (unpaired) electrons. The fourth-order valence-corrected chi connectivity index (χ4v) is 8.15. The quantitative estimate of drug-likeness (QED) is 0.00941. The molecule has 4 heterocycles. The summed E-state index contributed by atoms with van der Waals surface area (Å²) in [6, 6.07) is -1.22. The van der Waals surface area contributed by atoms with Crippen LogP contribution in [0.3, 0.4) is 0 Å². The molecular formula is C46H75BrCl4FK2LiN8O11. The van der Waals surface area contributed by atoms with Crippen molar-refractivity contribution in [2.45, 2.75) is 186 Å². The van der Waals surface area contributed by atoms with Crippen LogP contribution >= 0.6 is 62.3 Å². The van der Waals surface area contributed by atoms with Gasteiger partial charge in [-0.1, -0.05) is 175 Å². The minimum Gasteiger partial charge on any atom is -1.00 e. The minimum absolute atomic E-state index is 0. The molecule has 4 aromatic rings. The van der Waals surface area contributed by atoms with E-state index in [0.717, 1.165) is 44.9 Å². The molecule has 4 aromatic heterocycles. The Morgan fingerprint density at radius 3 is 1.36 bits per heavy atom. The minimum atomic E-state index is -1.00. The zero-order valence-corrected chi connectivity index (χ0v) is 55.3. The summed E-state index contributed by atoms with van der Waals surface area (Å²) in [6.07, 6.45) is 26.1. The Morgan fingerprint density at radius 2 is 1.01 bits per heavy atom. The summed E-state index contributed by atoms with van der Waals surface area (Å²) in [5, 5.41) is 18.3. The summed E-state index contributed by atoms with van der Waals surface area (Å²) >= 11 is 27.1. The largest absolute Gasteiger partial charge is 1.00 e. The molecule has 0 aliphatic heterocycles. The van der Waals surface area contributed by atoms with E-state index in [9.17, 15) is 23.9 Å². The van der Waals surface area contributed by atoms with Crippen LogP contribution in [0.5, 0.6) is 0 Å². The number of hydrogen-bond acceptors (Lipinski definition) is 15. The molecule has 0 aliphatic carbocycles. The van der Waals surface area contributed by atoms with Gasteiger partial charge in [-0.3, -0.25) is 14.0 Å². The average molecular weight is 1240 g/mol. The molecule has 4 N–H and O–H groups in total. The van der Waals surface area contributed by atoms with Gasteiger partial charge in [-0.15, -0.1) is 0 Å². The van der Waals surface area contributed by atoms with Crippen LogP contribution in [0.1, 0.15) is 184 Å². The maximum absolute atomic E-state index is 12.4. The second-order valence-corrected chi connectivity index (χ2v) is 17.9. The number of carboxylic acid groups (broad SMARTS) is 1. The van der Waals surface area contributed by atoms with Crippen molar-refractivity contribution in [1.82, 2.24) is 39.0 Å². The zero-order chi connectivity index (χ0) is 52.7. The Balaban J connectivity index is -0.000000174. The summed E-state index contributed by atoms with van der Waals surface area (Å²) in [7, 11) is -1.00. The number of alkyl halides is 2. The van der Waals surface area contributed by atoms with Crippen molar-refractivity contribution in [3.05, 3.63) is 33.5 Å². The van der Waals surface area contributed by atoms with Gasteiger partial charge >= 0.3 is 140 Å². The first-order chi connectivity index (χ1) is 33.7. The number of esters is 2. The van der Waals surface area contributed by atoms with E-state index in [4.69, 9.17) is 67.3 Å². The number of aliphatic carboxylic acids is 1. The Kier molecular flexibility index (Phi) is 62.0. The Labute approximate surface area is 564 Å². The van der Waals surface area contributed by atoms with E-state index in [1.54, 1.807) is 17.8 Å². The molecule has 0 spiro atoms. The summed E-state index contributed by atoms with van der Waals surface area (Å²) < 4.78 is 28.9. The molecule has 0 fully saturated rings. The normalized spacial score (nSPS) is 11.2. The second-order valence-electron chi connectivity index (χ2n) is 15.4. The molecule has 28 heteroatoms. The van der Waals surface area contributed by atoms with Crippen LogP contribution in [0.2, 0.25) is 20.9 Å². The van der Waals surface area contributed by atoms with E-state index in [0.29, 0.717) is 48.4 Å². The van der Waals surface area contributed by atoms with Crippen LogP contribution < -0.4 is 127 Å². The van der Waals surface area contributed by atoms with Crippen molar-refractivity contribution in [1.29, 1.82) is 0 Å². The fraction of sp³-hybridized carbons (Fsp3) is 0.696. The maximum atomic E-state index is 12.4. The first-order valence-electron chi connectivity index (χ1n) is 24.3. The third-order valence-corrected chi connectivity index (χ3v) is 12.0. The van der Waals surface area contributed by atoms with Gasteiger partial charge in [0.05, 0.1) is 34.4 Å². The average Bonchev–Trinajstić information content (AvgIpc) is 3.95. The van der Waals surface area contributed by atoms with Gasteiger partial charge in [-0.05, 0) is 56.3 Å². The molecule has 410 valence electrons. The molecule has 3 unspecified atom stereocenters. The number of hydrogen-bond donors (Lipinski definition) is 1. The standard InChI is InChI=1S/C17H24Cl2N4O2.C15H20Cl2N4O2.C12H23BrO2.CH3F.CH2O3.2K.Li.2H2O.H/c1-3-5-6-7-8-9-10-12(16(24)25-4-2)23-11-20-13-14(18)21-17(19)22-15(13)23;1-2-3-4-5-6-7-8-10(14(22)23)21-9-18-11-12(16)19-15(17)20-13(11)21;1-3-5-6-7-8-9-10-11(13)12(14)15-4-2;1-2;2-1-4-3;;;;;;/h11-12H,3-10H2,1-2H3;9-10H,2-8H2,1H3,(H,22,23);11H,3-10H2,1-2H3;1H3;1,3H;;;;2*1H2;/q;;;;;3*+1;;;-1/p-2/i;;;1D;;;;;;;. The molecule has 4 rings (SSSR count). The molecule has 3 atom stereocenters. The number of imidazole rings is 2. The van der Waals surface area contributed by atoms with Crippen molar-refractivity contribution >= 4 is 109 Å². The van der Waals surface area contributed by atoms with Gasteiger partial charge < -0.3 is 46.2 Å². The number of halogens is 6. The predicted molar refractivity (Wildman–Crippen MR) is 277 cm³/mol. The molecule has 0 bridgehead atoms. The van der Waals surface area contributed by atoms with Crippen LogP contribution in [0, 0.1) is 0 Å². The third kappa shape index (κ3) is 35.8. The van der Waals surface area contributed by atoms with Gasteiger partial charge in [0.1, 0.15) is 27.9 Å². The molecule has 0 saturated carbocycles. The maximum Gasteiger partial charge on any atom is 1.00 e. The van der Waals surface area contributed by atoms with Crippen molar-refractivity contribution in [3.8, 4) is 0 Å². The monoisotopic (exact) mass is 1240 g/mol. The number of fused-ring (bicyclic) bond motifs is 2. The number of ether oxygens (including phenoxy) is 2. The van der Waals surface area contributed by atoms with Crippen molar-refractivity contribution in [2.75, 3.05) is 20.4 Å². The summed E-state index contributed by atoms with van der Waals surface area (Å²) in [4.78, 5) is 70.8. The number of carbonyl (C=O) groups is 4. The van der Waals surface area contributed by atoms with Gasteiger partial charge in [0, 0.05) is 0 Å². The molecule has 0 aliphatic rings. The molecule has 74 heavy (non-hydrogen) atoms. The van der Waals surface area contributed by atoms with Crippen LogP contribution in [-0.2, 0) is 33.5 Å². The van der Waals surface area contributed by atoms with E-state index in [1.165, 1.54) is 87.9 Å². The SMILES string of the molecule is CCCCCCCCC(Br)C(=O)OCC.CCCCCCCCC(C(=O)O)n1cnc2c(Cl)nc(Cl)nc21.CCCCCCCCC(C(=O)OCC)n1cnc2c(Cl)nc(Cl)nc21.O.O=CO[O-].[2H]CF.[H-].[K+].[K+].[Li+].[OH-]. The number of unbranched alkanes of at least 4 members (excludes halogenated alkanes) is 15. The molecular weight excluding hydrogens is 1170 g/mol.